The third-order valence-electron chi connectivity index (χ3n) is 4.01. The van der Waals surface area contributed by atoms with Crippen LogP contribution < -0.4 is 5.32 Å². The van der Waals surface area contributed by atoms with Gasteiger partial charge in [0.05, 0.1) is 6.04 Å². The van der Waals surface area contributed by atoms with E-state index in [9.17, 15) is 0 Å². The first-order chi connectivity index (χ1) is 10.2. The maximum atomic E-state index is 3.75. The quantitative estimate of drug-likeness (QED) is 0.539. The molecule has 21 heavy (non-hydrogen) atoms. The molecule has 0 saturated heterocycles. The minimum Gasteiger partial charge on any atom is -0.307 e. The summed E-state index contributed by atoms with van der Waals surface area (Å²) in [6.07, 6.45) is 11.5. The van der Waals surface area contributed by atoms with Crippen molar-refractivity contribution in [1.29, 1.82) is 0 Å². The van der Waals surface area contributed by atoms with Crippen molar-refractivity contribution < 1.29 is 0 Å². The Labute approximate surface area is 145 Å². The molecule has 0 spiro atoms. The van der Waals surface area contributed by atoms with E-state index in [1.54, 1.807) is 5.57 Å². The summed E-state index contributed by atoms with van der Waals surface area (Å²) in [5, 5.41) is 3.75. The molecule has 116 valence electrons. The molecule has 1 aromatic carbocycles. The molecule has 0 aliphatic heterocycles. The average molecular weight is 415 g/mol. The molecule has 1 aromatic rings. The Kier molecular flexibility index (Phi) is 7.48. The zero-order valence-corrected chi connectivity index (χ0v) is 16.0. The molecule has 1 unspecified atom stereocenters. The molecule has 1 aliphatic carbocycles. The maximum absolute atomic E-state index is 3.75. The van der Waals surface area contributed by atoms with Crippen LogP contribution in [-0.4, -0.2) is 6.54 Å². The predicted octanol–water partition coefficient (Wildman–Crippen LogP) is 6.53. The molecule has 1 aliphatic rings. The fourth-order valence-corrected chi connectivity index (χ4v) is 4.30. The second-order valence-corrected chi connectivity index (χ2v) is 7.65. The van der Waals surface area contributed by atoms with Crippen LogP contribution in [0.5, 0.6) is 0 Å². The summed E-state index contributed by atoms with van der Waals surface area (Å²) in [7, 11) is 0. The van der Waals surface area contributed by atoms with E-state index in [1.807, 2.05) is 0 Å². The lowest BCUT2D eigenvalue weighted by molar-refractivity contribution is 0.540. The molecular weight excluding hydrogens is 390 g/mol. The SMILES string of the molecule is CCCNC(/C1=C/CCCCCC1)c1cc(Br)cc(Br)c1. The first-order valence-corrected chi connectivity index (χ1v) is 9.67. The third kappa shape index (κ3) is 5.54. The van der Waals surface area contributed by atoms with Gasteiger partial charge in [0.25, 0.3) is 0 Å². The van der Waals surface area contributed by atoms with Gasteiger partial charge in [-0.1, -0.05) is 63.3 Å². The molecule has 1 N–H and O–H groups in total. The summed E-state index contributed by atoms with van der Waals surface area (Å²) in [5.74, 6) is 0. The number of halogens is 2. The molecule has 0 heterocycles. The minimum absolute atomic E-state index is 0.358. The van der Waals surface area contributed by atoms with E-state index in [1.165, 1.54) is 50.5 Å². The van der Waals surface area contributed by atoms with E-state index < -0.39 is 0 Å². The summed E-state index contributed by atoms with van der Waals surface area (Å²) in [4.78, 5) is 0. The van der Waals surface area contributed by atoms with Gasteiger partial charge in [0.15, 0.2) is 0 Å². The first kappa shape index (κ1) is 17.2. The van der Waals surface area contributed by atoms with Crippen molar-refractivity contribution in [1.82, 2.24) is 5.32 Å². The van der Waals surface area contributed by atoms with E-state index in [0.717, 1.165) is 15.5 Å². The monoisotopic (exact) mass is 413 g/mol. The zero-order valence-electron chi connectivity index (χ0n) is 12.8. The van der Waals surface area contributed by atoms with Crippen molar-refractivity contribution in [3.8, 4) is 0 Å². The van der Waals surface area contributed by atoms with E-state index in [-0.39, 0.29) is 0 Å². The Morgan fingerprint density at radius 3 is 2.48 bits per heavy atom. The van der Waals surface area contributed by atoms with Gasteiger partial charge in [0.1, 0.15) is 0 Å². The number of allylic oxidation sites excluding steroid dienone is 1. The molecular formula is C18H25Br2N. The topological polar surface area (TPSA) is 12.0 Å². The molecule has 0 radical (unpaired) electrons. The molecule has 0 fully saturated rings. The lowest BCUT2D eigenvalue weighted by Gasteiger charge is -2.24. The largest absolute Gasteiger partial charge is 0.307 e. The van der Waals surface area contributed by atoms with Crippen LogP contribution in [0.15, 0.2) is 38.8 Å². The second-order valence-electron chi connectivity index (χ2n) is 5.82. The van der Waals surface area contributed by atoms with Crippen molar-refractivity contribution in [3.63, 3.8) is 0 Å². The molecule has 0 amide bonds. The predicted molar refractivity (Wildman–Crippen MR) is 98.7 cm³/mol. The third-order valence-corrected chi connectivity index (χ3v) is 4.93. The van der Waals surface area contributed by atoms with E-state index in [0.29, 0.717) is 6.04 Å². The van der Waals surface area contributed by atoms with Gasteiger partial charge < -0.3 is 5.32 Å². The summed E-state index contributed by atoms with van der Waals surface area (Å²) < 4.78 is 2.28. The van der Waals surface area contributed by atoms with Crippen molar-refractivity contribution >= 4 is 31.9 Å². The smallest absolute Gasteiger partial charge is 0.0536 e. The highest BCUT2D eigenvalue weighted by Crippen LogP contribution is 2.32. The Morgan fingerprint density at radius 2 is 1.76 bits per heavy atom. The van der Waals surface area contributed by atoms with Crippen LogP contribution in [0.25, 0.3) is 0 Å². The summed E-state index contributed by atoms with van der Waals surface area (Å²) in [6, 6.07) is 6.96. The second kappa shape index (κ2) is 9.12. The highest BCUT2D eigenvalue weighted by Gasteiger charge is 2.17. The van der Waals surface area contributed by atoms with Crippen LogP contribution in [-0.2, 0) is 0 Å². The summed E-state index contributed by atoms with van der Waals surface area (Å²) >= 11 is 7.25. The number of rotatable bonds is 5. The van der Waals surface area contributed by atoms with Gasteiger partial charge in [-0.15, -0.1) is 0 Å². The van der Waals surface area contributed by atoms with Crippen LogP contribution >= 0.6 is 31.9 Å². The lowest BCUT2D eigenvalue weighted by atomic mass is 9.91. The molecule has 0 aromatic heterocycles. The van der Waals surface area contributed by atoms with Crippen LogP contribution in [0.2, 0.25) is 0 Å². The van der Waals surface area contributed by atoms with E-state index in [2.05, 4.69) is 68.4 Å². The highest BCUT2D eigenvalue weighted by molar-refractivity contribution is 9.11. The molecule has 1 nitrogen and oxygen atoms in total. The van der Waals surface area contributed by atoms with Crippen molar-refractivity contribution in [2.45, 2.75) is 57.9 Å². The Hall–Kier alpha value is -0.120. The van der Waals surface area contributed by atoms with Gasteiger partial charge in [-0.3, -0.25) is 0 Å². The zero-order chi connectivity index (χ0) is 15.1. The van der Waals surface area contributed by atoms with Crippen LogP contribution in [0.3, 0.4) is 0 Å². The molecule has 2 rings (SSSR count). The number of hydrogen-bond donors (Lipinski definition) is 1. The standard InChI is InChI=1S/C18H25Br2N/c1-2-10-21-18(14-8-6-4-3-5-7-9-14)15-11-16(19)13-17(20)12-15/h8,11-13,18,21H,2-7,9-10H2,1H3/b14-8+. The van der Waals surface area contributed by atoms with E-state index >= 15 is 0 Å². The van der Waals surface area contributed by atoms with Crippen molar-refractivity contribution in [2.24, 2.45) is 0 Å². The number of benzene rings is 1. The van der Waals surface area contributed by atoms with Crippen molar-refractivity contribution in [2.75, 3.05) is 6.54 Å². The molecule has 0 saturated carbocycles. The van der Waals surface area contributed by atoms with Gasteiger partial charge in [0.2, 0.25) is 0 Å². The van der Waals surface area contributed by atoms with Crippen LogP contribution in [0.4, 0.5) is 0 Å². The van der Waals surface area contributed by atoms with Gasteiger partial charge in [0, 0.05) is 8.95 Å². The van der Waals surface area contributed by atoms with Crippen LogP contribution in [0.1, 0.15) is 63.5 Å². The van der Waals surface area contributed by atoms with Gasteiger partial charge in [-0.2, -0.15) is 0 Å². The fourth-order valence-electron chi connectivity index (χ4n) is 2.97. The molecule has 3 heteroatoms. The number of hydrogen-bond acceptors (Lipinski definition) is 1. The molecule has 0 bridgehead atoms. The summed E-state index contributed by atoms with van der Waals surface area (Å²) in [5.41, 5.74) is 2.93. The van der Waals surface area contributed by atoms with Crippen LogP contribution in [0, 0.1) is 0 Å². The van der Waals surface area contributed by atoms with Gasteiger partial charge >= 0.3 is 0 Å². The van der Waals surface area contributed by atoms with Gasteiger partial charge in [-0.25, -0.2) is 0 Å². The van der Waals surface area contributed by atoms with Crippen molar-refractivity contribution in [3.05, 3.63) is 44.4 Å². The fraction of sp³-hybridized carbons (Fsp3) is 0.556. The normalized spacial score (nSPS) is 20.2. The Bertz CT molecular complexity index is 462. The average Bonchev–Trinajstić information content (AvgIpc) is 2.39. The Balaban J connectivity index is 2.27. The maximum Gasteiger partial charge on any atom is 0.0536 e. The first-order valence-electron chi connectivity index (χ1n) is 8.09. The van der Waals surface area contributed by atoms with Gasteiger partial charge in [-0.05, 0) is 62.4 Å². The lowest BCUT2D eigenvalue weighted by Crippen LogP contribution is -2.24. The highest BCUT2D eigenvalue weighted by atomic mass is 79.9. The Morgan fingerprint density at radius 1 is 1.05 bits per heavy atom. The number of nitrogens with one attached hydrogen (secondary N) is 1. The minimum atomic E-state index is 0.358. The van der Waals surface area contributed by atoms with E-state index in [4.69, 9.17) is 0 Å². The molecule has 1 atom stereocenters. The summed E-state index contributed by atoms with van der Waals surface area (Å²) in [6.45, 7) is 3.29.